The van der Waals surface area contributed by atoms with E-state index >= 15 is 0 Å². The number of rotatable bonds is 2. The van der Waals surface area contributed by atoms with Crippen LogP contribution >= 0.6 is 0 Å². The second-order valence-corrected chi connectivity index (χ2v) is 4.01. The van der Waals surface area contributed by atoms with E-state index in [1.807, 2.05) is 6.92 Å². The van der Waals surface area contributed by atoms with Crippen LogP contribution in [0.5, 0.6) is 0 Å². The van der Waals surface area contributed by atoms with Gasteiger partial charge in [0.2, 0.25) is 0 Å². The van der Waals surface area contributed by atoms with Crippen molar-refractivity contribution in [1.82, 2.24) is 4.90 Å². The molecule has 0 heterocycles. The average Bonchev–Trinajstić information content (AvgIpc) is 2.65. The molecule has 2 rings (SSSR count). The molecule has 0 saturated carbocycles. The molecule has 1 aliphatic carbocycles. The van der Waals surface area contributed by atoms with Crippen molar-refractivity contribution < 1.29 is 32.7 Å². The average molecular weight is 287 g/mol. The van der Waals surface area contributed by atoms with Gasteiger partial charge >= 0.3 is 0 Å². The van der Waals surface area contributed by atoms with Crippen molar-refractivity contribution in [2.75, 3.05) is 14.1 Å². The zero-order chi connectivity index (χ0) is 10.8. The van der Waals surface area contributed by atoms with Crippen LogP contribution in [0.2, 0.25) is 0 Å². The third kappa shape index (κ3) is 2.64. The van der Waals surface area contributed by atoms with Crippen LogP contribution in [0.4, 0.5) is 0 Å². The summed E-state index contributed by atoms with van der Waals surface area (Å²) in [5.74, 6) is 0. The molecule has 0 bridgehead atoms. The maximum Gasteiger partial charge on any atom is 0.00287 e. The van der Waals surface area contributed by atoms with Gasteiger partial charge in [-0.1, -0.05) is 23.8 Å². The minimum absolute atomic E-state index is 0. The molecule has 0 aliphatic heterocycles. The summed E-state index contributed by atoms with van der Waals surface area (Å²) in [4.78, 5) is 2.10. The van der Waals surface area contributed by atoms with Crippen molar-refractivity contribution >= 4 is 11.8 Å². The molecule has 0 aromatic heterocycles. The maximum atomic E-state index is 3.23. The van der Waals surface area contributed by atoms with Crippen LogP contribution < -0.4 is 0 Å². The SMILES string of the molecule is C[C-]=C(c1ccc2c(c1)CC=C2)N(C)C.[Y]. The summed E-state index contributed by atoms with van der Waals surface area (Å²) in [5, 5.41) is 0. The van der Waals surface area contributed by atoms with E-state index in [0.29, 0.717) is 0 Å². The smallest absolute Gasteiger partial charge is 0.00287 e. The van der Waals surface area contributed by atoms with Gasteiger partial charge in [-0.25, -0.2) is 0 Å². The monoisotopic (exact) mass is 287 g/mol. The molecule has 0 N–H and O–H groups in total. The Bertz CT molecular complexity index is 430. The number of benzene rings is 1. The molecule has 1 nitrogen and oxygen atoms in total. The van der Waals surface area contributed by atoms with Gasteiger partial charge < -0.3 is 4.90 Å². The Morgan fingerprint density at radius 2 is 2.06 bits per heavy atom. The number of allylic oxidation sites excluding steroid dienone is 2. The Morgan fingerprint density at radius 3 is 2.69 bits per heavy atom. The fraction of sp³-hybridized carbons (Fsp3) is 0.286. The summed E-state index contributed by atoms with van der Waals surface area (Å²) in [6, 6.07) is 6.62. The molecular formula is C14H16NY-. The minimum atomic E-state index is 0. The third-order valence-electron chi connectivity index (χ3n) is 2.74. The third-order valence-corrected chi connectivity index (χ3v) is 2.74. The quantitative estimate of drug-likeness (QED) is 0.756. The van der Waals surface area contributed by atoms with Crippen molar-refractivity contribution in [2.45, 2.75) is 13.3 Å². The molecule has 0 amide bonds. The van der Waals surface area contributed by atoms with E-state index in [1.165, 1.54) is 16.7 Å². The van der Waals surface area contributed by atoms with Crippen molar-refractivity contribution in [3.8, 4) is 0 Å². The Balaban J connectivity index is 0.00000128. The largest absolute Gasteiger partial charge is 0.411 e. The predicted molar refractivity (Wildman–Crippen MR) is 65.2 cm³/mol. The molecule has 0 atom stereocenters. The Labute approximate surface area is 123 Å². The van der Waals surface area contributed by atoms with Crippen molar-refractivity contribution in [3.63, 3.8) is 0 Å². The van der Waals surface area contributed by atoms with Crippen LogP contribution in [0, 0.1) is 6.08 Å². The first kappa shape index (κ1) is 13.7. The molecule has 81 valence electrons. The molecule has 1 aromatic carbocycles. The van der Waals surface area contributed by atoms with Crippen LogP contribution in [0.25, 0.3) is 11.8 Å². The molecule has 16 heavy (non-hydrogen) atoms. The maximum absolute atomic E-state index is 3.23. The van der Waals surface area contributed by atoms with E-state index in [1.54, 1.807) is 0 Å². The van der Waals surface area contributed by atoms with E-state index in [2.05, 4.69) is 55.4 Å². The van der Waals surface area contributed by atoms with Crippen molar-refractivity contribution in [2.24, 2.45) is 0 Å². The van der Waals surface area contributed by atoms with Crippen LogP contribution in [0.15, 0.2) is 24.3 Å². The molecule has 0 saturated heterocycles. The first-order chi connectivity index (χ1) is 7.22. The Morgan fingerprint density at radius 1 is 1.31 bits per heavy atom. The fourth-order valence-corrected chi connectivity index (χ4v) is 2.03. The Kier molecular flexibility index (Phi) is 4.95. The Hall–Kier alpha value is -0.396. The molecule has 1 aromatic rings. The van der Waals surface area contributed by atoms with E-state index in [0.717, 1.165) is 12.1 Å². The van der Waals surface area contributed by atoms with Crippen LogP contribution in [-0.2, 0) is 39.1 Å². The van der Waals surface area contributed by atoms with E-state index in [4.69, 9.17) is 0 Å². The van der Waals surface area contributed by atoms with Gasteiger partial charge in [-0.2, -0.15) is 5.56 Å². The predicted octanol–water partition coefficient (Wildman–Crippen LogP) is 2.98. The molecule has 0 unspecified atom stereocenters. The molecular weight excluding hydrogens is 271 g/mol. The first-order valence-corrected chi connectivity index (χ1v) is 5.24. The summed E-state index contributed by atoms with van der Waals surface area (Å²) < 4.78 is 0. The topological polar surface area (TPSA) is 3.24 Å². The molecule has 1 radical (unpaired) electrons. The minimum Gasteiger partial charge on any atom is -0.411 e. The van der Waals surface area contributed by atoms with Crippen LogP contribution in [0.1, 0.15) is 23.6 Å². The standard InChI is InChI=1S/C14H16N.Y/c1-4-14(15(2)3)13-9-8-11-6-5-7-12(11)10-13;/h5-6,8-10H,7H2,1-3H3;/q-1;. The van der Waals surface area contributed by atoms with Gasteiger partial charge in [0, 0.05) is 46.8 Å². The normalized spacial score (nSPS) is 13.3. The molecule has 1 aliphatic rings. The second-order valence-electron chi connectivity index (χ2n) is 4.01. The summed E-state index contributed by atoms with van der Waals surface area (Å²) >= 11 is 0. The number of nitrogens with zero attached hydrogens (tertiary/aromatic N) is 1. The van der Waals surface area contributed by atoms with Crippen LogP contribution in [-0.4, -0.2) is 19.0 Å². The summed E-state index contributed by atoms with van der Waals surface area (Å²) in [7, 11) is 4.11. The zero-order valence-electron chi connectivity index (χ0n) is 10.1. The fourth-order valence-electron chi connectivity index (χ4n) is 2.03. The van der Waals surface area contributed by atoms with Gasteiger partial charge in [-0.15, -0.1) is 24.8 Å². The zero-order valence-corrected chi connectivity index (χ0v) is 13.0. The van der Waals surface area contributed by atoms with Gasteiger partial charge in [0.15, 0.2) is 0 Å². The van der Waals surface area contributed by atoms with E-state index < -0.39 is 0 Å². The summed E-state index contributed by atoms with van der Waals surface area (Å²) in [5.41, 5.74) is 5.18. The first-order valence-electron chi connectivity index (χ1n) is 5.24. The number of hydrogen-bond donors (Lipinski definition) is 0. The van der Waals surface area contributed by atoms with Crippen molar-refractivity contribution in [3.05, 3.63) is 47.0 Å². The number of fused-ring (bicyclic) bond motifs is 1. The van der Waals surface area contributed by atoms with Gasteiger partial charge in [0.25, 0.3) is 0 Å². The number of hydrogen-bond acceptors (Lipinski definition) is 1. The van der Waals surface area contributed by atoms with Crippen molar-refractivity contribution in [1.29, 1.82) is 0 Å². The van der Waals surface area contributed by atoms with E-state index in [9.17, 15) is 0 Å². The summed E-state index contributed by atoms with van der Waals surface area (Å²) in [6.45, 7) is 1.96. The second kappa shape index (κ2) is 5.79. The molecule has 2 heteroatoms. The van der Waals surface area contributed by atoms with E-state index in [-0.39, 0.29) is 32.7 Å². The van der Waals surface area contributed by atoms with Gasteiger partial charge in [0.05, 0.1) is 0 Å². The van der Waals surface area contributed by atoms with Gasteiger partial charge in [-0.05, 0) is 12.0 Å². The summed E-state index contributed by atoms with van der Waals surface area (Å²) in [6.07, 6.45) is 8.69. The van der Waals surface area contributed by atoms with Crippen LogP contribution in [0.3, 0.4) is 0 Å². The molecule has 0 fully saturated rings. The van der Waals surface area contributed by atoms with Gasteiger partial charge in [0.1, 0.15) is 0 Å². The van der Waals surface area contributed by atoms with Gasteiger partial charge in [-0.3, -0.25) is 6.08 Å². The molecule has 0 spiro atoms.